The number of hydrogen-bond donors (Lipinski definition) is 2. The van der Waals surface area contributed by atoms with E-state index in [0.29, 0.717) is 11.5 Å². The van der Waals surface area contributed by atoms with Crippen molar-refractivity contribution in [2.24, 2.45) is 0 Å². The van der Waals surface area contributed by atoms with Gasteiger partial charge in [-0.2, -0.15) is 0 Å². The van der Waals surface area contributed by atoms with Crippen LogP contribution in [0.25, 0.3) is 5.65 Å². The Kier molecular flexibility index (Phi) is 3.05. The van der Waals surface area contributed by atoms with Gasteiger partial charge in [0.2, 0.25) is 0 Å². The highest BCUT2D eigenvalue weighted by Crippen LogP contribution is 2.24. The lowest BCUT2D eigenvalue weighted by Crippen LogP contribution is -1.97. The molecule has 0 aliphatic heterocycles. The summed E-state index contributed by atoms with van der Waals surface area (Å²) in [6, 6.07) is 1.84. The summed E-state index contributed by atoms with van der Waals surface area (Å²) in [4.78, 5) is 4.48. The van der Waals surface area contributed by atoms with E-state index in [1.165, 1.54) is 0 Å². The average Bonchev–Trinajstić information content (AvgIpc) is 2.54. The zero-order chi connectivity index (χ0) is 11.7. The lowest BCUT2D eigenvalue weighted by molar-refractivity contribution is 0.783. The van der Waals surface area contributed by atoms with Crippen LogP contribution in [0.4, 0.5) is 11.5 Å². The fraction of sp³-hybridized carbons (Fsp3) is 0.364. The highest BCUT2D eigenvalue weighted by atomic mass is 79.9. The van der Waals surface area contributed by atoms with Gasteiger partial charge in [-0.05, 0) is 34.8 Å². The number of nitrogens with zero attached hydrogens (tertiary/aromatic N) is 2. The minimum absolute atomic E-state index is 0.642. The summed E-state index contributed by atoms with van der Waals surface area (Å²) in [6.45, 7) is 2.15. The van der Waals surface area contributed by atoms with E-state index in [9.17, 15) is 0 Å². The number of fused-ring (bicyclic) bond motifs is 1. The molecule has 0 radical (unpaired) electrons. The van der Waals surface area contributed by atoms with E-state index in [1.807, 2.05) is 16.7 Å². The van der Waals surface area contributed by atoms with Crippen molar-refractivity contribution >= 4 is 33.1 Å². The third-order valence-electron chi connectivity index (χ3n) is 2.60. The zero-order valence-electron chi connectivity index (χ0n) is 9.20. The summed E-state index contributed by atoms with van der Waals surface area (Å²) in [5, 5.41) is 0. The van der Waals surface area contributed by atoms with Crippen LogP contribution in [0.3, 0.4) is 0 Å². The summed E-state index contributed by atoms with van der Waals surface area (Å²) < 4.78 is 2.74. The van der Waals surface area contributed by atoms with Gasteiger partial charge in [-0.25, -0.2) is 4.98 Å². The lowest BCUT2D eigenvalue weighted by Gasteiger charge is -2.00. The number of pyridine rings is 1. The molecule has 2 heterocycles. The maximum atomic E-state index is 6.04. The minimum atomic E-state index is 0.642. The van der Waals surface area contributed by atoms with Crippen molar-refractivity contribution in [1.82, 2.24) is 9.38 Å². The van der Waals surface area contributed by atoms with Crippen LogP contribution in [0, 0.1) is 0 Å². The summed E-state index contributed by atoms with van der Waals surface area (Å²) >= 11 is 3.40. The normalized spacial score (nSPS) is 11.1. The molecule has 2 aromatic rings. The Bertz CT molecular complexity index is 518. The molecule has 0 unspecified atom stereocenters. The smallest absolute Gasteiger partial charge is 0.162 e. The Morgan fingerprint density at radius 3 is 2.88 bits per heavy atom. The molecule has 86 valence electrons. The molecule has 16 heavy (non-hydrogen) atoms. The van der Waals surface area contributed by atoms with E-state index < -0.39 is 0 Å². The standard InChI is InChI=1S/C11H15BrN4/c1-2-3-4-9-10(14)16-6-7(12)5-8(13)11(16)15-9/h5-6H,2-4,13-14H2,1H3. The van der Waals surface area contributed by atoms with Crippen molar-refractivity contribution in [3.05, 3.63) is 22.4 Å². The van der Waals surface area contributed by atoms with Crippen molar-refractivity contribution < 1.29 is 0 Å². The number of aryl methyl sites for hydroxylation is 1. The SMILES string of the molecule is CCCCc1nc2c(N)cc(Br)cn2c1N. The molecule has 4 nitrogen and oxygen atoms in total. The van der Waals surface area contributed by atoms with Crippen LogP contribution in [0.5, 0.6) is 0 Å². The Hall–Kier alpha value is -1.23. The number of imidazole rings is 1. The van der Waals surface area contributed by atoms with Crippen molar-refractivity contribution in [3.63, 3.8) is 0 Å². The van der Waals surface area contributed by atoms with Gasteiger partial charge in [0.05, 0.1) is 11.4 Å². The van der Waals surface area contributed by atoms with Crippen LogP contribution in [-0.2, 0) is 6.42 Å². The van der Waals surface area contributed by atoms with Crippen molar-refractivity contribution in [2.45, 2.75) is 26.2 Å². The quantitative estimate of drug-likeness (QED) is 0.909. The molecule has 4 N–H and O–H groups in total. The molecular formula is C11H15BrN4. The second kappa shape index (κ2) is 4.33. The molecule has 0 aliphatic carbocycles. The van der Waals surface area contributed by atoms with Crippen LogP contribution < -0.4 is 11.5 Å². The Morgan fingerprint density at radius 2 is 2.19 bits per heavy atom. The molecule has 0 amide bonds. The number of hydrogen-bond acceptors (Lipinski definition) is 3. The third-order valence-corrected chi connectivity index (χ3v) is 3.03. The number of nitrogens with two attached hydrogens (primary N) is 2. The van der Waals surface area contributed by atoms with Crippen molar-refractivity contribution in [1.29, 1.82) is 0 Å². The Balaban J connectivity index is 2.54. The summed E-state index contributed by atoms with van der Waals surface area (Å²) in [5.74, 6) is 0.691. The molecule has 0 saturated carbocycles. The second-order valence-corrected chi connectivity index (χ2v) is 4.77. The van der Waals surface area contributed by atoms with Gasteiger partial charge in [-0.15, -0.1) is 0 Å². The number of unbranched alkanes of at least 4 members (excludes halogenated alkanes) is 1. The summed E-state index contributed by atoms with van der Waals surface area (Å²) in [5.41, 5.74) is 14.3. The van der Waals surface area contributed by atoms with E-state index in [-0.39, 0.29) is 0 Å². The molecule has 0 spiro atoms. The first-order valence-electron chi connectivity index (χ1n) is 5.35. The highest BCUT2D eigenvalue weighted by molar-refractivity contribution is 9.10. The highest BCUT2D eigenvalue weighted by Gasteiger charge is 2.11. The second-order valence-electron chi connectivity index (χ2n) is 3.85. The van der Waals surface area contributed by atoms with Gasteiger partial charge in [0.25, 0.3) is 0 Å². The molecule has 0 atom stereocenters. The topological polar surface area (TPSA) is 69.3 Å². The molecule has 0 saturated heterocycles. The van der Waals surface area contributed by atoms with E-state index >= 15 is 0 Å². The Labute approximate surface area is 103 Å². The van der Waals surface area contributed by atoms with Crippen molar-refractivity contribution in [3.8, 4) is 0 Å². The fourth-order valence-corrected chi connectivity index (χ4v) is 2.18. The first-order valence-corrected chi connectivity index (χ1v) is 6.14. The van der Waals surface area contributed by atoms with Gasteiger partial charge < -0.3 is 11.5 Å². The van der Waals surface area contributed by atoms with Gasteiger partial charge in [-0.3, -0.25) is 4.40 Å². The fourth-order valence-electron chi connectivity index (χ4n) is 1.73. The third kappa shape index (κ3) is 1.87. The van der Waals surface area contributed by atoms with E-state index in [0.717, 1.165) is 35.1 Å². The number of anilines is 2. The molecule has 0 fully saturated rings. The summed E-state index contributed by atoms with van der Waals surface area (Å²) in [7, 11) is 0. The molecule has 0 aromatic carbocycles. The number of nitrogen functional groups attached to an aromatic ring is 2. The minimum Gasteiger partial charge on any atom is -0.396 e. The average molecular weight is 283 g/mol. The van der Waals surface area contributed by atoms with Crippen LogP contribution in [0.2, 0.25) is 0 Å². The largest absolute Gasteiger partial charge is 0.396 e. The molecule has 5 heteroatoms. The number of halogens is 1. The Morgan fingerprint density at radius 1 is 1.44 bits per heavy atom. The summed E-state index contributed by atoms with van der Waals surface area (Å²) in [6.07, 6.45) is 5.02. The van der Waals surface area contributed by atoms with Crippen molar-refractivity contribution in [2.75, 3.05) is 11.5 Å². The maximum Gasteiger partial charge on any atom is 0.162 e. The molecule has 0 aliphatic rings. The molecule has 0 bridgehead atoms. The molecular weight excluding hydrogens is 268 g/mol. The van der Waals surface area contributed by atoms with Gasteiger partial charge in [0.15, 0.2) is 5.65 Å². The lowest BCUT2D eigenvalue weighted by atomic mass is 10.2. The van der Waals surface area contributed by atoms with Gasteiger partial charge in [0.1, 0.15) is 5.82 Å². The van der Waals surface area contributed by atoms with Gasteiger partial charge in [0, 0.05) is 10.7 Å². The van der Waals surface area contributed by atoms with E-state index in [1.54, 1.807) is 0 Å². The molecule has 2 aromatic heterocycles. The van der Waals surface area contributed by atoms with Gasteiger partial charge >= 0.3 is 0 Å². The van der Waals surface area contributed by atoms with Crippen LogP contribution in [0.1, 0.15) is 25.5 Å². The van der Waals surface area contributed by atoms with Crippen LogP contribution in [-0.4, -0.2) is 9.38 Å². The first kappa shape index (κ1) is 11.3. The monoisotopic (exact) mass is 282 g/mol. The zero-order valence-corrected chi connectivity index (χ0v) is 10.8. The van der Waals surface area contributed by atoms with Crippen LogP contribution >= 0.6 is 15.9 Å². The number of rotatable bonds is 3. The molecule has 2 rings (SSSR count). The van der Waals surface area contributed by atoms with E-state index in [2.05, 4.69) is 27.8 Å². The first-order chi connectivity index (χ1) is 7.63. The maximum absolute atomic E-state index is 6.04. The predicted octanol–water partition coefficient (Wildman–Crippen LogP) is 2.60. The van der Waals surface area contributed by atoms with Gasteiger partial charge in [-0.1, -0.05) is 13.3 Å². The van der Waals surface area contributed by atoms with Crippen LogP contribution in [0.15, 0.2) is 16.7 Å². The van der Waals surface area contributed by atoms with E-state index in [4.69, 9.17) is 11.5 Å². The predicted molar refractivity (Wildman–Crippen MR) is 70.3 cm³/mol. The number of aromatic nitrogens is 2.